The lowest BCUT2D eigenvalue weighted by Crippen LogP contribution is -2.46. The van der Waals surface area contributed by atoms with Crippen molar-refractivity contribution >= 4 is 16.5 Å². The lowest BCUT2D eigenvalue weighted by atomic mass is 10.3. The van der Waals surface area contributed by atoms with Crippen LogP contribution < -0.4 is 4.90 Å². The van der Waals surface area contributed by atoms with Gasteiger partial charge in [0.2, 0.25) is 0 Å². The molecule has 0 atom stereocenters. The van der Waals surface area contributed by atoms with Crippen molar-refractivity contribution in [3.05, 3.63) is 29.3 Å². The van der Waals surface area contributed by atoms with Gasteiger partial charge in [-0.05, 0) is 13.8 Å². The van der Waals surface area contributed by atoms with Crippen molar-refractivity contribution in [2.75, 3.05) is 31.1 Å². The molecular formula is C14H21N5S. The van der Waals surface area contributed by atoms with E-state index in [9.17, 15) is 0 Å². The van der Waals surface area contributed by atoms with Crippen molar-refractivity contribution in [2.45, 2.75) is 26.9 Å². The Morgan fingerprint density at radius 3 is 2.70 bits per heavy atom. The van der Waals surface area contributed by atoms with E-state index in [1.165, 1.54) is 5.82 Å². The first-order valence-electron chi connectivity index (χ1n) is 7.15. The summed E-state index contributed by atoms with van der Waals surface area (Å²) in [5.74, 6) is 1.17. The number of hydrogen-bond acceptors (Lipinski definition) is 5. The molecule has 0 aromatic carbocycles. The molecule has 20 heavy (non-hydrogen) atoms. The second-order valence-electron chi connectivity index (χ2n) is 5.16. The molecular weight excluding hydrogens is 270 g/mol. The second kappa shape index (κ2) is 5.93. The van der Waals surface area contributed by atoms with Crippen molar-refractivity contribution in [3.63, 3.8) is 0 Å². The number of thiazole rings is 1. The van der Waals surface area contributed by atoms with Crippen LogP contribution in [0.1, 0.15) is 18.4 Å². The maximum Gasteiger partial charge on any atom is 0.185 e. The summed E-state index contributed by atoms with van der Waals surface area (Å²) in [7, 11) is 0. The Kier molecular flexibility index (Phi) is 4.03. The third kappa shape index (κ3) is 2.86. The molecule has 0 unspecified atom stereocenters. The highest BCUT2D eigenvalue weighted by Crippen LogP contribution is 2.21. The predicted molar refractivity (Wildman–Crippen MR) is 82.2 cm³/mol. The highest BCUT2D eigenvalue weighted by molar-refractivity contribution is 7.13. The molecule has 1 fully saturated rings. The first-order valence-corrected chi connectivity index (χ1v) is 8.03. The van der Waals surface area contributed by atoms with Crippen molar-refractivity contribution in [2.24, 2.45) is 0 Å². The van der Waals surface area contributed by atoms with Gasteiger partial charge in [-0.3, -0.25) is 4.90 Å². The first-order chi connectivity index (χ1) is 9.76. The molecule has 3 rings (SSSR count). The molecule has 108 valence electrons. The second-order valence-corrected chi connectivity index (χ2v) is 6.00. The molecule has 1 aliphatic heterocycles. The Labute approximate surface area is 123 Å². The van der Waals surface area contributed by atoms with Crippen LogP contribution in [-0.2, 0) is 13.1 Å². The van der Waals surface area contributed by atoms with E-state index in [1.54, 1.807) is 11.3 Å². The third-order valence-corrected chi connectivity index (χ3v) is 4.78. The summed E-state index contributed by atoms with van der Waals surface area (Å²) in [4.78, 5) is 13.9. The lowest BCUT2D eigenvalue weighted by Gasteiger charge is -2.34. The Morgan fingerprint density at radius 2 is 2.05 bits per heavy atom. The number of hydrogen-bond donors (Lipinski definition) is 0. The Bertz CT molecular complexity index is 553. The van der Waals surface area contributed by atoms with E-state index < -0.39 is 0 Å². The van der Waals surface area contributed by atoms with Gasteiger partial charge in [-0.1, -0.05) is 0 Å². The maximum atomic E-state index is 4.57. The van der Waals surface area contributed by atoms with Gasteiger partial charge >= 0.3 is 0 Å². The number of rotatable bonds is 4. The smallest absolute Gasteiger partial charge is 0.185 e. The zero-order chi connectivity index (χ0) is 13.9. The standard InChI is InChI=1S/C14H21N5S/c1-3-18-5-4-15-13(18)10-17-6-8-19(9-7-17)14-16-12(2)11-20-14/h4-5,11H,3,6-10H2,1-2H3. The van der Waals surface area contributed by atoms with Crippen LogP contribution in [0.2, 0.25) is 0 Å². The zero-order valence-electron chi connectivity index (χ0n) is 12.1. The minimum absolute atomic E-state index is 0.950. The normalized spacial score (nSPS) is 16.8. The van der Waals surface area contributed by atoms with Crippen LogP contribution in [0.4, 0.5) is 5.13 Å². The number of aryl methyl sites for hydroxylation is 2. The Hall–Kier alpha value is -1.40. The highest BCUT2D eigenvalue weighted by atomic mass is 32.1. The summed E-state index contributed by atoms with van der Waals surface area (Å²) in [5, 5.41) is 3.29. The van der Waals surface area contributed by atoms with Crippen molar-refractivity contribution < 1.29 is 0 Å². The third-order valence-electron chi connectivity index (χ3n) is 3.76. The monoisotopic (exact) mass is 291 g/mol. The summed E-state index contributed by atoms with van der Waals surface area (Å²) in [6, 6.07) is 0. The molecule has 0 radical (unpaired) electrons. The van der Waals surface area contributed by atoms with E-state index in [0.29, 0.717) is 0 Å². The van der Waals surface area contributed by atoms with Gasteiger partial charge in [0, 0.05) is 50.5 Å². The van der Waals surface area contributed by atoms with Crippen LogP contribution in [0.15, 0.2) is 17.8 Å². The van der Waals surface area contributed by atoms with Gasteiger partial charge in [-0.25, -0.2) is 9.97 Å². The fraction of sp³-hybridized carbons (Fsp3) is 0.571. The fourth-order valence-corrected chi connectivity index (χ4v) is 3.42. The molecule has 0 N–H and O–H groups in total. The Morgan fingerprint density at radius 1 is 1.25 bits per heavy atom. The molecule has 6 heteroatoms. The van der Waals surface area contributed by atoms with Crippen LogP contribution in [0.5, 0.6) is 0 Å². The van der Waals surface area contributed by atoms with E-state index >= 15 is 0 Å². The number of aromatic nitrogens is 3. The summed E-state index contributed by atoms with van der Waals surface area (Å²) in [6.07, 6.45) is 3.96. The summed E-state index contributed by atoms with van der Waals surface area (Å²) in [6.45, 7) is 10.4. The van der Waals surface area contributed by atoms with Crippen molar-refractivity contribution in [1.29, 1.82) is 0 Å². The predicted octanol–water partition coefficient (Wildman–Crippen LogP) is 1.99. The number of nitrogens with zero attached hydrogens (tertiary/aromatic N) is 5. The van der Waals surface area contributed by atoms with Gasteiger partial charge in [0.25, 0.3) is 0 Å². The topological polar surface area (TPSA) is 37.2 Å². The van der Waals surface area contributed by atoms with E-state index in [-0.39, 0.29) is 0 Å². The minimum atomic E-state index is 0.950. The van der Waals surface area contributed by atoms with Crippen LogP contribution in [0.25, 0.3) is 0 Å². The largest absolute Gasteiger partial charge is 0.346 e. The van der Waals surface area contributed by atoms with Gasteiger partial charge in [0.05, 0.1) is 12.2 Å². The molecule has 5 nitrogen and oxygen atoms in total. The van der Waals surface area contributed by atoms with Gasteiger partial charge in [0.15, 0.2) is 5.13 Å². The zero-order valence-corrected chi connectivity index (χ0v) is 12.9. The quantitative estimate of drug-likeness (QED) is 0.863. The number of imidazole rings is 1. The van der Waals surface area contributed by atoms with Gasteiger partial charge < -0.3 is 9.47 Å². The van der Waals surface area contributed by atoms with E-state index in [4.69, 9.17) is 0 Å². The SMILES string of the molecule is CCn1ccnc1CN1CCN(c2nc(C)cs2)CC1. The molecule has 0 amide bonds. The van der Waals surface area contributed by atoms with Crippen molar-refractivity contribution in [3.8, 4) is 0 Å². The van der Waals surface area contributed by atoms with Gasteiger partial charge in [-0.15, -0.1) is 11.3 Å². The number of anilines is 1. The van der Waals surface area contributed by atoms with Crippen LogP contribution in [0, 0.1) is 6.92 Å². The van der Waals surface area contributed by atoms with Crippen LogP contribution >= 0.6 is 11.3 Å². The summed E-state index contributed by atoms with van der Waals surface area (Å²) in [5.41, 5.74) is 1.12. The fourth-order valence-electron chi connectivity index (χ4n) is 2.56. The van der Waals surface area contributed by atoms with Crippen LogP contribution in [-0.4, -0.2) is 45.6 Å². The van der Waals surface area contributed by atoms with Gasteiger partial charge in [0.1, 0.15) is 5.82 Å². The van der Waals surface area contributed by atoms with Gasteiger partial charge in [-0.2, -0.15) is 0 Å². The average molecular weight is 291 g/mol. The van der Waals surface area contributed by atoms with E-state index in [1.807, 2.05) is 6.20 Å². The molecule has 0 spiro atoms. The van der Waals surface area contributed by atoms with Crippen molar-refractivity contribution in [1.82, 2.24) is 19.4 Å². The van der Waals surface area contributed by atoms with E-state index in [0.717, 1.165) is 50.1 Å². The van der Waals surface area contributed by atoms with E-state index in [2.05, 4.69) is 49.8 Å². The summed E-state index contributed by atoms with van der Waals surface area (Å²) < 4.78 is 2.22. The molecule has 2 aromatic heterocycles. The maximum absolute atomic E-state index is 4.57. The molecule has 0 saturated carbocycles. The lowest BCUT2D eigenvalue weighted by molar-refractivity contribution is 0.241. The molecule has 2 aromatic rings. The van der Waals surface area contributed by atoms with Crippen LogP contribution in [0.3, 0.4) is 0 Å². The minimum Gasteiger partial charge on any atom is -0.346 e. The molecule has 0 aliphatic carbocycles. The number of piperazine rings is 1. The molecule has 0 bridgehead atoms. The summed E-state index contributed by atoms with van der Waals surface area (Å²) >= 11 is 1.75. The average Bonchev–Trinajstić information content (AvgIpc) is 3.08. The molecule has 1 aliphatic rings. The highest BCUT2D eigenvalue weighted by Gasteiger charge is 2.20. The Balaban J connectivity index is 1.56. The molecule has 3 heterocycles. The first kappa shape index (κ1) is 13.6. The molecule has 1 saturated heterocycles.